The van der Waals surface area contributed by atoms with Crippen LogP contribution >= 0.6 is 0 Å². The second-order valence-electron chi connectivity index (χ2n) is 5.09. The number of carboxylic acids is 1. The quantitative estimate of drug-likeness (QED) is 0.767. The monoisotopic (exact) mass is 256 g/mol. The van der Waals surface area contributed by atoms with E-state index in [0.29, 0.717) is 13.1 Å². The highest BCUT2D eigenvalue weighted by Gasteiger charge is 2.36. The van der Waals surface area contributed by atoms with Gasteiger partial charge in [0.15, 0.2) is 0 Å². The van der Waals surface area contributed by atoms with Gasteiger partial charge in [0.25, 0.3) is 0 Å². The van der Waals surface area contributed by atoms with E-state index in [1.54, 1.807) is 9.80 Å². The van der Waals surface area contributed by atoms with Gasteiger partial charge in [-0.2, -0.15) is 0 Å². The molecule has 0 radical (unpaired) electrons. The number of aliphatic carboxylic acids is 1. The molecule has 0 spiro atoms. The lowest BCUT2D eigenvalue weighted by Crippen LogP contribution is -2.50. The number of likely N-dealkylation sites (tertiary alicyclic amines) is 1. The maximum atomic E-state index is 12.3. The molecule has 1 atom stereocenters. The minimum Gasteiger partial charge on any atom is -0.481 e. The van der Waals surface area contributed by atoms with Gasteiger partial charge >= 0.3 is 12.0 Å². The fraction of sp³-hybridized carbons (Fsp3) is 0.833. The van der Waals surface area contributed by atoms with Crippen LogP contribution in [0.15, 0.2) is 0 Å². The molecule has 2 rings (SSSR count). The molecule has 1 heterocycles. The van der Waals surface area contributed by atoms with Crippen LogP contribution < -0.4 is 0 Å². The number of aliphatic hydroxyl groups is 1. The van der Waals surface area contributed by atoms with Crippen molar-refractivity contribution in [1.82, 2.24) is 9.80 Å². The van der Waals surface area contributed by atoms with E-state index >= 15 is 0 Å². The van der Waals surface area contributed by atoms with Gasteiger partial charge < -0.3 is 20.0 Å². The van der Waals surface area contributed by atoms with Crippen molar-refractivity contribution in [2.24, 2.45) is 0 Å². The second kappa shape index (κ2) is 5.56. The van der Waals surface area contributed by atoms with Crippen molar-refractivity contribution in [2.45, 2.75) is 44.2 Å². The smallest absolute Gasteiger partial charge is 0.320 e. The van der Waals surface area contributed by atoms with Crippen molar-refractivity contribution in [3.8, 4) is 0 Å². The number of carbonyl (C=O) groups is 2. The summed E-state index contributed by atoms with van der Waals surface area (Å²) in [6.45, 7) is 1.30. The van der Waals surface area contributed by atoms with Crippen molar-refractivity contribution in [1.29, 1.82) is 0 Å². The molecule has 6 heteroatoms. The van der Waals surface area contributed by atoms with E-state index in [1.807, 2.05) is 0 Å². The molecule has 0 aromatic carbocycles. The van der Waals surface area contributed by atoms with Crippen LogP contribution in [0.1, 0.15) is 32.1 Å². The van der Waals surface area contributed by atoms with Gasteiger partial charge in [-0.25, -0.2) is 4.79 Å². The summed E-state index contributed by atoms with van der Waals surface area (Å²) in [6.07, 6.45) is 3.01. The Hall–Kier alpha value is -1.30. The number of carbonyl (C=O) groups excluding carboxylic acids is 1. The largest absolute Gasteiger partial charge is 0.481 e. The molecule has 1 saturated carbocycles. The van der Waals surface area contributed by atoms with Crippen LogP contribution in [0.2, 0.25) is 0 Å². The van der Waals surface area contributed by atoms with Gasteiger partial charge in [0, 0.05) is 25.7 Å². The topological polar surface area (TPSA) is 81.1 Å². The highest BCUT2D eigenvalue weighted by molar-refractivity contribution is 5.76. The van der Waals surface area contributed by atoms with Crippen LogP contribution in [0.4, 0.5) is 4.79 Å². The summed E-state index contributed by atoms with van der Waals surface area (Å²) in [5, 5.41) is 18.3. The number of hydrogen-bond donors (Lipinski definition) is 2. The van der Waals surface area contributed by atoms with Gasteiger partial charge in [0.05, 0.1) is 12.5 Å². The first-order valence-electron chi connectivity index (χ1n) is 6.53. The van der Waals surface area contributed by atoms with Crippen molar-refractivity contribution in [2.75, 3.05) is 19.6 Å². The van der Waals surface area contributed by atoms with Gasteiger partial charge in [-0.1, -0.05) is 0 Å². The molecule has 1 aliphatic carbocycles. The molecule has 0 aromatic rings. The maximum Gasteiger partial charge on any atom is 0.320 e. The molecule has 1 unspecified atom stereocenters. The van der Waals surface area contributed by atoms with Crippen LogP contribution in [-0.2, 0) is 4.79 Å². The number of carboxylic acid groups (broad SMARTS) is 1. The number of nitrogens with zero attached hydrogens (tertiary/aromatic N) is 2. The van der Waals surface area contributed by atoms with Crippen LogP contribution in [0, 0.1) is 0 Å². The Balaban J connectivity index is 1.92. The first-order valence-corrected chi connectivity index (χ1v) is 6.53. The molecule has 18 heavy (non-hydrogen) atoms. The molecule has 0 bridgehead atoms. The van der Waals surface area contributed by atoms with E-state index < -0.39 is 12.1 Å². The second-order valence-corrected chi connectivity index (χ2v) is 5.09. The highest BCUT2D eigenvalue weighted by Crippen LogP contribution is 2.28. The summed E-state index contributed by atoms with van der Waals surface area (Å²) < 4.78 is 0. The van der Waals surface area contributed by atoms with Crippen LogP contribution in [0.3, 0.4) is 0 Å². The Labute approximate surface area is 106 Å². The van der Waals surface area contributed by atoms with Crippen LogP contribution in [-0.4, -0.2) is 63.8 Å². The van der Waals surface area contributed by atoms with Crippen molar-refractivity contribution in [3.05, 3.63) is 0 Å². The van der Waals surface area contributed by atoms with Crippen LogP contribution in [0.5, 0.6) is 0 Å². The van der Waals surface area contributed by atoms with Crippen molar-refractivity contribution < 1.29 is 19.8 Å². The van der Waals surface area contributed by atoms with Gasteiger partial charge in [0.2, 0.25) is 0 Å². The summed E-state index contributed by atoms with van der Waals surface area (Å²) in [4.78, 5) is 26.2. The van der Waals surface area contributed by atoms with Crippen molar-refractivity contribution in [3.63, 3.8) is 0 Å². The molecule has 6 nitrogen and oxygen atoms in total. The third-order valence-electron chi connectivity index (χ3n) is 3.47. The van der Waals surface area contributed by atoms with Crippen molar-refractivity contribution >= 4 is 12.0 Å². The average molecular weight is 256 g/mol. The average Bonchev–Trinajstić information content (AvgIpc) is 3.13. The number of hydrogen-bond acceptors (Lipinski definition) is 3. The predicted molar refractivity (Wildman–Crippen MR) is 64.2 cm³/mol. The van der Waals surface area contributed by atoms with E-state index in [-0.39, 0.29) is 25.0 Å². The number of amides is 2. The standard InChI is InChI=1S/C12H20N2O4/c15-10-2-1-6-13(8-10)12(18)14(9-3-4-9)7-5-11(16)17/h9-10,15H,1-8H2,(H,16,17). The third kappa shape index (κ3) is 3.35. The predicted octanol–water partition coefficient (Wildman–Crippen LogP) is 0.502. The zero-order valence-electron chi connectivity index (χ0n) is 10.4. The SMILES string of the molecule is O=C(O)CCN(C(=O)N1CCCC(O)C1)C1CC1. The zero-order chi connectivity index (χ0) is 13.1. The number of urea groups is 1. The molecule has 2 N–H and O–H groups in total. The summed E-state index contributed by atoms with van der Waals surface area (Å²) in [6, 6.07) is 0.0911. The van der Waals surface area contributed by atoms with Crippen LogP contribution in [0.25, 0.3) is 0 Å². The molecule has 2 fully saturated rings. The summed E-state index contributed by atoms with van der Waals surface area (Å²) >= 11 is 0. The van der Waals surface area contributed by atoms with E-state index in [2.05, 4.69) is 0 Å². The lowest BCUT2D eigenvalue weighted by atomic mass is 10.1. The Morgan fingerprint density at radius 2 is 2.00 bits per heavy atom. The molecular formula is C12H20N2O4. The third-order valence-corrected chi connectivity index (χ3v) is 3.47. The number of β-amino-alcohol motifs (C(OH)–C–C–N with tert-alkyl or cyclic N) is 1. The van der Waals surface area contributed by atoms with E-state index in [4.69, 9.17) is 5.11 Å². The Bertz CT molecular complexity index is 330. The van der Waals surface area contributed by atoms with E-state index in [0.717, 1.165) is 25.7 Å². The van der Waals surface area contributed by atoms with E-state index in [9.17, 15) is 14.7 Å². The van der Waals surface area contributed by atoms with Gasteiger partial charge in [-0.15, -0.1) is 0 Å². The lowest BCUT2D eigenvalue weighted by molar-refractivity contribution is -0.137. The number of rotatable bonds is 4. The Kier molecular flexibility index (Phi) is 4.06. The fourth-order valence-corrected chi connectivity index (χ4v) is 2.35. The Morgan fingerprint density at radius 3 is 2.56 bits per heavy atom. The molecular weight excluding hydrogens is 236 g/mol. The fourth-order valence-electron chi connectivity index (χ4n) is 2.35. The lowest BCUT2D eigenvalue weighted by Gasteiger charge is -2.34. The minimum absolute atomic E-state index is 0.0152. The highest BCUT2D eigenvalue weighted by atomic mass is 16.4. The van der Waals surface area contributed by atoms with Gasteiger partial charge in [-0.05, 0) is 25.7 Å². The number of piperidine rings is 1. The minimum atomic E-state index is -0.882. The maximum absolute atomic E-state index is 12.3. The molecule has 0 aromatic heterocycles. The molecule has 1 saturated heterocycles. The molecule has 2 aliphatic rings. The summed E-state index contributed by atoms with van der Waals surface area (Å²) in [5.74, 6) is -0.882. The first kappa shape index (κ1) is 13.1. The van der Waals surface area contributed by atoms with Gasteiger partial charge in [-0.3, -0.25) is 4.79 Å². The molecule has 2 amide bonds. The van der Waals surface area contributed by atoms with E-state index in [1.165, 1.54) is 0 Å². The zero-order valence-corrected chi connectivity index (χ0v) is 10.4. The summed E-state index contributed by atoms with van der Waals surface area (Å²) in [7, 11) is 0. The number of aliphatic hydroxyl groups excluding tert-OH is 1. The first-order chi connectivity index (χ1) is 8.58. The normalized spacial score (nSPS) is 23.8. The molecule has 1 aliphatic heterocycles. The Morgan fingerprint density at radius 1 is 1.28 bits per heavy atom. The summed E-state index contributed by atoms with van der Waals surface area (Å²) in [5.41, 5.74) is 0. The van der Waals surface area contributed by atoms with Gasteiger partial charge in [0.1, 0.15) is 0 Å². The molecule has 102 valence electrons.